The number of rotatable bonds is 3. The third kappa shape index (κ3) is 2.56. The van der Waals surface area contributed by atoms with Crippen molar-refractivity contribution in [1.29, 1.82) is 0 Å². The van der Waals surface area contributed by atoms with E-state index in [2.05, 4.69) is 27.0 Å². The summed E-state index contributed by atoms with van der Waals surface area (Å²) in [7, 11) is 0. The molecule has 5 nitrogen and oxygen atoms in total. The molecule has 2 aromatic heterocycles. The highest BCUT2D eigenvalue weighted by molar-refractivity contribution is 7.21. The van der Waals surface area contributed by atoms with Crippen molar-refractivity contribution in [1.82, 2.24) is 14.9 Å². The van der Waals surface area contributed by atoms with Gasteiger partial charge >= 0.3 is 0 Å². The number of fused-ring (bicyclic) bond motifs is 1. The van der Waals surface area contributed by atoms with Gasteiger partial charge in [0.25, 0.3) is 0 Å². The third-order valence-electron chi connectivity index (χ3n) is 3.63. The molecule has 0 radical (unpaired) electrons. The topological polar surface area (TPSA) is 75.3 Å². The second kappa shape index (κ2) is 5.40. The number of aliphatic hydroxyl groups excluding tert-OH is 1. The Morgan fingerprint density at radius 2 is 2.26 bits per heavy atom. The van der Waals surface area contributed by atoms with E-state index in [1.165, 1.54) is 24.2 Å². The van der Waals surface area contributed by atoms with Crippen LogP contribution in [-0.4, -0.2) is 39.7 Å². The molecule has 1 aliphatic heterocycles. The number of anilines is 1. The molecule has 0 aromatic carbocycles. The number of nitrogen functional groups attached to an aromatic ring is 1. The van der Waals surface area contributed by atoms with Crippen LogP contribution in [0.1, 0.15) is 31.0 Å². The predicted molar refractivity (Wildman–Crippen MR) is 77.1 cm³/mol. The lowest BCUT2D eigenvalue weighted by Gasteiger charge is -2.34. The van der Waals surface area contributed by atoms with Crippen LogP contribution in [0.4, 0.5) is 5.13 Å². The van der Waals surface area contributed by atoms with E-state index in [9.17, 15) is 0 Å². The monoisotopic (exact) mass is 278 g/mol. The molecular weight excluding hydrogens is 260 g/mol. The molecule has 3 rings (SSSR count). The van der Waals surface area contributed by atoms with Crippen molar-refractivity contribution in [2.75, 3.05) is 25.4 Å². The van der Waals surface area contributed by atoms with E-state index in [1.54, 1.807) is 0 Å². The minimum absolute atomic E-state index is 0.197. The average molecular weight is 278 g/mol. The predicted octanol–water partition coefficient (Wildman–Crippen LogP) is 1.79. The average Bonchev–Trinajstić information content (AvgIpc) is 2.79. The molecule has 1 atom stereocenters. The number of nitrogens with zero attached hydrogens (tertiary/aromatic N) is 3. The second-order valence-corrected chi connectivity index (χ2v) is 5.94. The van der Waals surface area contributed by atoms with Gasteiger partial charge in [0.05, 0.1) is 23.0 Å². The number of likely N-dealkylation sites (tertiary alicyclic amines) is 1. The number of hydrogen-bond donors (Lipinski definition) is 2. The summed E-state index contributed by atoms with van der Waals surface area (Å²) in [5, 5.41) is 9.73. The summed E-state index contributed by atoms with van der Waals surface area (Å²) in [5.41, 5.74) is 7.51. The zero-order valence-electron chi connectivity index (χ0n) is 10.7. The molecule has 1 aliphatic rings. The van der Waals surface area contributed by atoms with Crippen LogP contribution in [0.5, 0.6) is 0 Å². The lowest BCUT2D eigenvalue weighted by Crippen LogP contribution is -2.35. The lowest BCUT2D eigenvalue weighted by molar-refractivity contribution is 0.115. The Hall–Kier alpha value is -1.24. The third-order valence-corrected chi connectivity index (χ3v) is 4.47. The number of pyridine rings is 1. The van der Waals surface area contributed by atoms with Crippen molar-refractivity contribution in [3.8, 4) is 0 Å². The number of β-amino-alcohol motifs (C(OH)–C–C–N with tert-alkyl or cyclic N) is 1. The first-order chi connectivity index (χ1) is 9.28. The van der Waals surface area contributed by atoms with Crippen molar-refractivity contribution in [3.63, 3.8) is 0 Å². The van der Waals surface area contributed by atoms with Crippen molar-refractivity contribution >= 4 is 26.8 Å². The summed E-state index contributed by atoms with van der Waals surface area (Å²) >= 11 is 1.47. The summed E-state index contributed by atoms with van der Waals surface area (Å²) in [5.74, 6) is 0. The van der Waals surface area contributed by atoms with Crippen LogP contribution < -0.4 is 5.73 Å². The van der Waals surface area contributed by atoms with Crippen molar-refractivity contribution in [2.24, 2.45) is 0 Å². The summed E-state index contributed by atoms with van der Waals surface area (Å²) in [6, 6.07) is 4.42. The van der Waals surface area contributed by atoms with Crippen molar-refractivity contribution in [3.05, 3.63) is 17.8 Å². The van der Waals surface area contributed by atoms with Crippen LogP contribution in [0.3, 0.4) is 0 Å². The molecule has 0 bridgehead atoms. The Labute approximate surface area is 116 Å². The van der Waals surface area contributed by atoms with Crippen LogP contribution in [0, 0.1) is 0 Å². The molecule has 1 unspecified atom stereocenters. The molecule has 0 aliphatic carbocycles. The first kappa shape index (κ1) is 12.8. The van der Waals surface area contributed by atoms with E-state index < -0.39 is 0 Å². The number of nitrogens with two attached hydrogens (primary N) is 1. The van der Waals surface area contributed by atoms with Gasteiger partial charge in [-0.3, -0.25) is 4.90 Å². The fraction of sp³-hybridized carbons (Fsp3) is 0.538. The fourth-order valence-electron chi connectivity index (χ4n) is 2.76. The van der Waals surface area contributed by atoms with Crippen LogP contribution >= 0.6 is 11.3 Å². The van der Waals surface area contributed by atoms with E-state index in [0.717, 1.165) is 29.0 Å². The largest absolute Gasteiger partial charge is 0.395 e. The van der Waals surface area contributed by atoms with Gasteiger partial charge in [0, 0.05) is 6.54 Å². The molecule has 0 amide bonds. The molecule has 6 heteroatoms. The van der Waals surface area contributed by atoms with Gasteiger partial charge in [0.1, 0.15) is 0 Å². The Bertz CT molecular complexity index is 569. The maximum atomic E-state index is 9.17. The van der Waals surface area contributed by atoms with E-state index in [1.807, 2.05) is 0 Å². The molecule has 1 saturated heterocycles. The number of aliphatic hydroxyl groups is 1. The minimum atomic E-state index is 0.197. The van der Waals surface area contributed by atoms with Gasteiger partial charge in [-0.15, -0.1) is 0 Å². The minimum Gasteiger partial charge on any atom is -0.395 e. The van der Waals surface area contributed by atoms with E-state index in [4.69, 9.17) is 10.8 Å². The van der Waals surface area contributed by atoms with Crippen LogP contribution in [0.25, 0.3) is 10.3 Å². The standard InChI is InChI=1S/C13H18N4OS/c14-13-16-12-11(19-13)5-4-9(15-12)10-3-1-2-6-17(10)7-8-18/h4-5,10,18H,1-3,6-8H2,(H2,14,15,16). The molecule has 3 N–H and O–H groups in total. The zero-order chi connectivity index (χ0) is 13.2. The first-order valence-corrected chi connectivity index (χ1v) is 7.47. The summed E-state index contributed by atoms with van der Waals surface area (Å²) in [4.78, 5) is 11.2. The molecule has 0 saturated carbocycles. The first-order valence-electron chi connectivity index (χ1n) is 6.66. The van der Waals surface area contributed by atoms with E-state index in [0.29, 0.717) is 17.7 Å². The molecule has 0 spiro atoms. The van der Waals surface area contributed by atoms with Gasteiger partial charge in [0.2, 0.25) is 0 Å². The van der Waals surface area contributed by atoms with Crippen molar-refractivity contribution in [2.45, 2.75) is 25.3 Å². The highest BCUT2D eigenvalue weighted by atomic mass is 32.1. The number of hydrogen-bond acceptors (Lipinski definition) is 6. The van der Waals surface area contributed by atoms with Crippen LogP contribution in [0.2, 0.25) is 0 Å². The molecule has 102 valence electrons. The molecular formula is C13H18N4OS. The van der Waals surface area contributed by atoms with Gasteiger partial charge in [-0.25, -0.2) is 9.97 Å². The van der Waals surface area contributed by atoms with Gasteiger partial charge in [0.15, 0.2) is 10.8 Å². The second-order valence-electron chi connectivity index (χ2n) is 4.88. The van der Waals surface area contributed by atoms with Gasteiger partial charge in [-0.1, -0.05) is 17.8 Å². The summed E-state index contributed by atoms with van der Waals surface area (Å²) < 4.78 is 1.03. The smallest absolute Gasteiger partial charge is 0.182 e. The van der Waals surface area contributed by atoms with Gasteiger partial charge in [-0.2, -0.15) is 0 Å². The maximum Gasteiger partial charge on any atom is 0.182 e. The highest BCUT2D eigenvalue weighted by Crippen LogP contribution is 2.31. The van der Waals surface area contributed by atoms with Crippen molar-refractivity contribution < 1.29 is 5.11 Å². The van der Waals surface area contributed by atoms with E-state index in [-0.39, 0.29) is 6.61 Å². The van der Waals surface area contributed by atoms with Crippen LogP contribution in [-0.2, 0) is 0 Å². The Morgan fingerprint density at radius 3 is 3.11 bits per heavy atom. The van der Waals surface area contributed by atoms with E-state index >= 15 is 0 Å². The van der Waals surface area contributed by atoms with Crippen LogP contribution in [0.15, 0.2) is 12.1 Å². The highest BCUT2D eigenvalue weighted by Gasteiger charge is 2.24. The maximum absolute atomic E-state index is 9.17. The fourth-order valence-corrected chi connectivity index (χ4v) is 3.43. The summed E-state index contributed by atoms with van der Waals surface area (Å²) in [6.07, 6.45) is 3.51. The molecule has 19 heavy (non-hydrogen) atoms. The lowest BCUT2D eigenvalue weighted by atomic mass is 9.99. The normalized spacial score (nSPS) is 21.0. The molecule has 3 heterocycles. The number of piperidine rings is 1. The quantitative estimate of drug-likeness (QED) is 0.895. The van der Waals surface area contributed by atoms with Gasteiger partial charge < -0.3 is 10.8 Å². The Kier molecular flexibility index (Phi) is 3.63. The summed E-state index contributed by atoms with van der Waals surface area (Å²) in [6.45, 7) is 1.94. The Balaban J connectivity index is 1.92. The SMILES string of the molecule is Nc1nc2nc(C3CCCCN3CCO)ccc2s1. The molecule has 1 fully saturated rings. The molecule has 2 aromatic rings. The van der Waals surface area contributed by atoms with Gasteiger partial charge in [-0.05, 0) is 31.5 Å². The number of aromatic nitrogens is 2. The number of thiazole rings is 1. The Morgan fingerprint density at radius 1 is 1.37 bits per heavy atom. The zero-order valence-corrected chi connectivity index (χ0v) is 11.6.